The molecular weight excluding hydrogens is 496 g/mol. The topological polar surface area (TPSA) is 0 Å². The Morgan fingerprint density at radius 2 is 1.30 bits per heavy atom. The minimum Gasteiger partial charge on any atom is -0.246 e. The Hall–Kier alpha value is 0.520. The van der Waals surface area contributed by atoms with Crippen LogP contribution in [0.15, 0.2) is 0 Å². The summed E-state index contributed by atoms with van der Waals surface area (Å²) < 4.78 is 44.3. The van der Waals surface area contributed by atoms with Gasteiger partial charge in [-0.15, -0.1) is 0 Å². The second-order valence-electron chi connectivity index (χ2n) is 11.3. The van der Waals surface area contributed by atoms with Crippen LogP contribution in [0.2, 0.25) is 0 Å². The van der Waals surface area contributed by atoms with Crippen LogP contribution in [0.25, 0.3) is 0 Å². The highest BCUT2D eigenvalue weighted by Crippen LogP contribution is 2.46. The molecule has 4 aliphatic carbocycles. The first kappa shape index (κ1) is 23.7. The molecule has 0 saturated heterocycles. The normalized spacial score (nSPS) is 46.6. The first-order valence-electron chi connectivity index (χ1n) is 13.1. The van der Waals surface area contributed by atoms with E-state index in [0.717, 1.165) is 51.4 Å². The molecule has 0 radical (unpaired) electrons. The highest BCUT2D eigenvalue weighted by atomic mass is 127. The van der Waals surface area contributed by atoms with Crippen LogP contribution in [-0.2, 0) is 0 Å². The molecule has 0 amide bonds. The van der Waals surface area contributed by atoms with E-state index in [1.165, 1.54) is 51.4 Å². The smallest absolute Gasteiger partial charge is 0.134 e. The van der Waals surface area contributed by atoms with Gasteiger partial charge in [0.25, 0.3) is 0 Å². The molecule has 174 valence electrons. The van der Waals surface area contributed by atoms with Crippen molar-refractivity contribution in [3.63, 3.8) is 0 Å². The summed E-state index contributed by atoms with van der Waals surface area (Å²) >= 11 is 2.28. The van der Waals surface area contributed by atoms with E-state index in [-0.39, 0.29) is 15.8 Å². The summed E-state index contributed by atoms with van der Waals surface area (Å²) in [5, 5.41) is 0. The summed E-state index contributed by atoms with van der Waals surface area (Å²) in [5.41, 5.74) is 0. The number of halogens is 4. The monoisotopic (exact) mass is 538 g/mol. The highest BCUT2D eigenvalue weighted by molar-refractivity contribution is 14.1. The zero-order valence-electron chi connectivity index (χ0n) is 18.6. The average Bonchev–Trinajstić information content (AvgIpc) is 2.78. The summed E-state index contributed by atoms with van der Waals surface area (Å²) in [6.45, 7) is 0. The third-order valence-corrected chi connectivity index (χ3v) is 10.9. The van der Waals surface area contributed by atoms with Crippen molar-refractivity contribution in [1.29, 1.82) is 0 Å². The van der Waals surface area contributed by atoms with Gasteiger partial charge in [0.2, 0.25) is 0 Å². The fraction of sp³-hybridized carbons (Fsp3) is 1.00. The van der Waals surface area contributed by atoms with Crippen LogP contribution in [0.4, 0.5) is 13.2 Å². The van der Waals surface area contributed by atoms with Crippen LogP contribution in [0.5, 0.6) is 0 Å². The summed E-state index contributed by atoms with van der Waals surface area (Å²) in [7, 11) is 0. The first-order valence-corrected chi connectivity index (χ1v) is 14.3. The van der Waals surface area contributed by atoms with E-state index >= 15 is 0 Å². The largest absolute Gasteiger partial charge is 0.246 e. The van der Waals surface area contributed by atoms with E-state index in [2.05, 4.69) is 22.6 Å². The number of alkyl halides is 4. The molecule has 7 atom stereocenters. The molecule has 0 aromatic heterocycles. The molecule has 30 heavy (non-hydrogen) atoms. The minimum atomic E-state index is -1.23. The standard InChI is InChI=1S/C26H42F3I/c27-23-16-21(13-15-24(23)30)18-9-6-17(7-10-18)8-11-20-12-14-22(26(29)25(20)28)19-4-2-1-3-5-19/h17-26H,1-16H2/t17?,18?,20?,21?,22?,23?,24?,25-,26?/m0/s1. The van der Waals surface area contributed by atoms with E-state index in [9.17, 15) is 13.2 Å². The van der Waals surface area contributed by atoms with Gasteiger partial charge in [-0.25, -0.2) is 13.2 Å². The molecule has 0 nitrogen and oxygen atoms in total. The van der Waals surface area contributed by atoms with Gasteiger partial charge in [-0.3, -0.25) is 0 Å². The lowest BCUT2D eigenvalue weighted by molar-refractivity contribution is -0.0131. The van der Waals surface area contributed by atoms with Gasteiger partial charge in [0.15, 0.2) is 0 Å². The van der Waals surface area contributed by atoms with Crippen molar-refractivity contribution < 1.29 is 13.2 Å². The molecule has 4 fully saturated rings. The lowest BCUT2D eigenvalue weighted by atomic mass is 9.67. The van der Waals surface area contributed by atoms with Gasteiger partial charge in [0, 0.05) is 3.92 Å². The van der Waals surface area contributed by atoms with Gasteiger partial charge in [0.05, 0.1) is 0 Å². The molecule has 0 heterocycles. The van der Waals surface area contributed by atoms with Crippen LogP contribution in [0.1, 0.15) is 103 Å². The second kappa shape index (κ2) is 11.1. The van der Waals surface area contributed by atoms with Gasteiger partial charge < -0.3 is 0 Å². The average molecular weight is 539 g/mol. The summed E-state index contributed by atoms with van der Waals surface area (Å²) in [6.07, 6.45) is 14.6. The highest BCUT2D eigenvalue weighted by Gasteiger charge is 2.43. The van der Waals surface area contributed by atoms with Gasteiger partial charge in [-0.05, 0) is 86.9 Å². The quantitative estimate of drug-likeness (QED) is 0.242. The van der Waals surface area contributed by atoms with Crippen molar-refractivity contribution in [2.24, 2.45) is 35.5 Å². The Morgan fingerprint density at radius 1 is 0.600 bits per heavy atom. The molecule has 6 unspecified atom stereocenters. The third kappa shape index (κ3) is 5.71. The minimum absolute atomic E-state index is 0.0102. The van der Waals surface area contributed by atoms with Crippen molar-refractivity contribution in [2.45, 2.75) is 125 Å². The maximum Gasteiger partial charge on any atom is 0.134 e. The van der Waals surface area contributed by atoms with Crippen LogP contribution < -0.4 is 0 Å². The van der Waals surface area contributed by atoms with Gasteiger partial charge in [-0.1, -0.05) is 74.0 Å². The lowest BCUT2D eigenvalue weighted by Crippen LogP contribution is -2.42. The van der Waals surface area contributed by atoms with Crippen LogP contribution in [0, 0.1) is 35.5 Å². The molecule has 4 aliphatic rings. The molecule has 0 aromatic rings. The van der Waals surface area contributed by atoms with Gasteiger partial charge in [0.1, 0.15) is 18.5 Å². The summed E-state index contributed by atoms with van der Waals surface area (Å²) in [6, 6.07) is 0. The van der Waals surface area contributed by atoms with Crippen molar-refractivity contribution in [2.75, 3.05) is 0 Å². The van der Waals surface area contributed by atoms with Crippen LogP contribution >= 0.6 is 22.6 Å². The van der Waals surface area contributed by atoms with Gasteiger partial charge >= 0.3 is 0 Å². The molecule has 0 N–H and O–H groups in total. The second-order valence-corrected chi connectivity index (χ2v) is 12.9. The SMILES string of the molecule is FC1CC(C2CCC(CCC3CCC(C4CCCCC4)C(F)[C@H]3F)CC2)CCC1I. The van der Waals surface area contributed by atoms with E-state index in [1.807, 2.05) is 0 Å². The number of hydrogen-bond donors (Lipinski definition) is 0. The predicted octanol–water partition coefficient (Wildman–Crippen LogP) is 8.80. The van der Waals surface area contributed by atoms with E-state index in [1.54, 1.807) is 0 Å². The number of rotatable bonds is 5. The lowest BCUT2D eigenvalue weighted by Gasteiger charge is -2.41. The van der Waals surface area contributed by atoms with Crippen molar-refractivity contribution in [1.82, 2.24) is 0 Å². The number of hydrogen-bond acceptors (Lipinski definition) is 0. The molecule has 0 aliphatic heterocycles. The van der Waals surface area contributed by atoms with Crippen LogP contribution in [0.3, 0.4) is 0 Å². The molecule has 0 spiro atoms. The van der Waals surface area contributed by atoms with Crippen LogP contribution in [-0.4, -0.2) is 22.4 Å². The Labute approximate surface area is 196 Å². The van der Waals surface area contributed by atoms with Gasteiger partial charge in [-0.2, -0.15) is 0 Å². The Bertz CT molecular complexity index is 514. The predicted molar refractivity (Wildman–Crippen MR) is 127 cm³/mol. The third-order valence-electron chi connectivity index (χ3n) is 9.53. The molecule has 0 aromatic carbocycles. The molecule has 4 heteroatoms. The first-order chi connectivity index (χ1) is 14.5. The van der Waals surface area contributed by atoms with Crippen molar-refractivity contribution in [3.05, 3.63) is 0 Å². The fourth-order valence-corrected chi connectivity index (χ4v) is 8.17. The molecule has 4 rings (SSSR count). The maximum atomic E-state index is 15.0. The Morgan fingerprint density at radius 3 is 2.00 bits per heavy atom. The maximum absolute atomic E-state index is 15.0. The van der Waals surface area contributed by atoms with Crippen molar-refractivity contribution in [3.8, 4) is 0 Å². The Balaban J connectivity index is 1.18. The summed E-state index contributed by atoms with van der Waals surface area (Å²) in [5.74, 6) is 2.36. The zero-order chi connectivity index (χ0) is 21.1. The van der Waals surface area contributed by atoms with E-state index < -0.39 is 18.5 Å². The van der Waals surface area contributed by atoms with Crippen molar-refractivity contribution >= 4 is 22.6 Å². The van der Waals surface area contributed by atoms with E-state index in [0.29, 0.717) is 23.7 Å². The Kier molecular flexibility index (Phi) is 8.75. The molecular formula is C26H42F3I. The fourth-order valence-electron chi connectivity index (χ4n) is 7.52. The van der Waals surface area contributed by atoms with E-state index in [4.69, 9.17) is 0 Å². The molecule has 0 bridgehead atoms. The summed E-state index contributed by atoms with van der Waals surface area (Å²) in [4.78, 5) is 0. The zero-order valence-corrected chi connectivity index (χ0v) is 20.8. The molecule has 4 saturated carbocycles.